The van der Waals surface area contributed by atoms with Crippen molar-refractivity contribution >= 4 is 29.5 Å². The highest BCUT2D eigenvalue weighted by molar-refractivity contribution is 6.21. The lowest BCUT2D eigenvalue weighted by Gasteiger charge is -2.40. The number of rotatable bonds is 4. The highest BCUT2D eigenvalue weighted by atomic mass is 35.5. The zero-order valence-electron chi connectivity index (χ0n) is 11.8. The molecule has 1 fully saturated rings. The van der Waals surface area contributed by atoms with E-state index in [2.05, 4.69) is 0 Å². The van der Waals surface area contributed by atoms with E-state index in [9.17, 15) is 19.5 Å². The predicted molar refractivity (Wildman–Crippen MR) is 68.3 cm³/mol. The van der Waals surface area contributed by atoms with Gasteiger partial charge in [-0.05, 0) is 0 Å². The topological polar surface area (TPSA) is 108 Å². The van der Waals surface area contributed by atoms with Crippen molar-refractivity contribution in [2.45, 2.75) is 50.8 Å². The van der Waals surface area contributed by atoms with Crippen LogP contribution in [-0.4, -0.2) is 59.6 Å². The second-order valence-corrected chi connectivity index (χ2v) is 4.96. The number of alkyl halides is 1. The van der Waals surface area contributed by atoms with Gasteiger partial charge in [-0.25, -0.2) is 0 Å². The molecule has 21 heavy (non-hydrogen) atoms. The van der Waals surface area contributed by atoms with Crippen LogP contribution in [-0.2, 0) is 33.3 Å². The molecular weight excluding hydrogens is 308 g/mol. The molecule has 0 aromatic rings. The molecule has 1 rings (SSSR count). The average Bonchev–Trinajstić information content (AvgIpc) is 2.35. The Bertz CT molecular complexity index is 410. The molecule has 0 aromatic heterocycles. The Kier molecular flexibility index (Phi) is 6.38. The van der Waals surface area contributed by atoms with Gasteiger partial charge in [0.15, 0.2) is 18.5 Å². The van der Waals surface area contributed by atoms with Crippen LogP contribution in [0.15, 0.2) is 0 Å². The Morgan fingerprint density at radius 1 is 1.05 bits per heavy atom. The third kappa shape index (κ3) is 5.14. The summed E-state index contributed by atoms with van der Waals surface area (Å²) in [6.45, 7) is 3.24. The summed E-state index contributed by atoms with van der Waals surface area (Å²) in [7, 11) is 0. The Balaban J connectivity index is 2.86. The van der Waals surface area contributed by atoms with Gasteiger partial charge < -0.3 is 24.1 Å². The van der Waals surface area contributed by atoms with Crippen LogP contribution in [0.25, 0.3) is 0 Å². The van der Waals surface area contributed by atoms with Crippen molar-refractivity contribution in [3.05, 3.63) is 0 Å². The first-order valence-corrected chi connectivity index (χ1v) is 6.61. The average molecular weight is 325 g/mol. The van der Waals surface area contributed by atoms with E-state index in [1.165, 1.54) is 13.8 Å². The Hall–Kier alpha value is -1.38. The molecule has 1 saturated heterocycles. The maximum Gasteiger partial charge on any atom is 0.303 e. The molecule has 5 atom stereocenters. The van der Waals surface area contributed by atoms with Crippen molar-refractivity contribution in [3.8, 4) is 0 Å². The summed E-state index contributed by atoms with van der Waals surface area (Å²) < 4.78 is 19.8. The molecule has 9 heteroatoms. The van der Waals surface area contributed by atoms with Crippen LogP contribution in [0.3, 0.4) is 0 Å². The van der Waals surface area contributed by atoms with Gasteiger partial charge in [0.1, 0.15) is 18.1 Å². The molecule has 1 N–H and O–H groups in total. The summed E-state index contributed by atoms with van der Waals surface area (Å²) in [5.41, 5.74) is 0. The van der Waals surface area contributed by atoms with Gasteiger partial charge in [-0.3, -0.25) is 14.4 Å². The normalized spacial score (nSPS) is 32.1. The van der Waals surface area contributed by atoms with E-state index in [1.807, 2.05) is 0 Å². The van der Waals surface area contributed by atoms with E-state index in [0.717, 1.165) is 6.92 Å². The van der Waals surface area contributed by atoms with Crippen LogP contribution in [0.4, 0.5) is 0 Å². The number of carbonyl (C=O) groups excluding carboxylic acids is 3. The van der Waals surface area contributed by atoms with Gasteiger partial charge in [0.2, 0.25) is 0 Å². The number of aliphatic hydroxyl groups excluding tert-OH is 1. The summed E-state index contributed by atoms with van der Waals surface area (Å²) in [6, 6.07) is 0. The number of carbonyl (C=O) groups is 3. The maximum atomic E-state index is 11.1. The molecule has 1 aliphatic rings. The van der Waals surface area contributed by atoms with Crippen molar-refractivity contribution < 1.29 is 38.4 Å². The molecule has 0 saturated carbocycles. The van der Waals surface area contributed by atoms with Crippen LogP contribution in [0.5, 0.6) is 0 Å². The molecule has 0 aromatic carbocycles. The van der Waals surface area contributed by atoms with Gasteiger partial charge >= 0.3 is 17.9 Å². The number of esters is 3. The smallest absolute Gasteiger partial charge is 0.303 e. The van der Waals surface area contributed by atoms with E-state index in [1.54, 1.807) is 0 Å². The summed E-state index contributed by atoms with van der Waals surface area (Å²) in [5, 5.41) is 8.76. The van der Waals surface area contributed by atoms with Crippen molar-refractivity contribution in [2.75, 3.05) is 6.61 Å². The van der Waals surface area contributed by atoms with Gasteiger partial charge in [0.25, 0.3) is 0 Å². The number of ether oxygens (including phenoxy) is 4. The second-order valence-electron chi connectivity index (χ2n) is 4.46. The number of halogens is 1. The standard InChI is InChI=1S/C12H17ClO8/c1-5(14)18-4-8-10(19-6(2)15)9(13)11(12(17)21-8)20-7(3)16/h8-12,17H,4H2,1-3H3/t8?,9-,10-,11+,12-/m0/s1. The number of hydrogen-bond donors (Lipinski definition) is 1. The van der Waals surface area contributed by atoms with Crippen LogP contribution in [0.1, 0.15) is 20.8 Å². The molecular formula is C12H17ClO8. The molecule has 0 amide bonds. The third-order valence-corrected chi connectivity index (χ3v) is 3.14. The first-order chi connectivity index (χ1) is 9.72. The fourth-order valence-corrected chi connectivity index (χ4v) is 2.25. The minimum atomic E-state index is -1.52. The Morgan fingerprint density at radius 3 is 2.05 bits per heavy atom. The lowest BCUT2D eigenvalue weighted by atomic mass is 10.0. The minimum Gasteiger partial charge on any atom is -0.463 e. The highest BCUT2D eigenvalue weighted by Gasteiger charge is 2.48. The zero-order valence-corrected chi connectivity index (χ0v) is 12.5. The van der Waals surface area contributed by atoms with Crippen LogP contribution >= 0.6 is 11.6 Å². The Labute approximate surface area is 126 Å². The summed E-state index contributed by atoms with van der Waals surface area (Å²) >= 11 is 6.11. The lowest BCUT2D eigenvalue weighted by Crippen LogP contribution is -2.59. The molecule has 0 aliphatic carbocycles. The summed E-state index contributed by atoms with van der Waals surface area (Å²) in [4.78, 5) is 33.0. The van der Waals surface area contributed by atoms with Crippen molar-refractivity contribution in [1.29, 1.82) is 0 Å². The third-order valence-electron chi connectivity index (χ3n) is 2.64. The van der Waals surface area contributed by atoms with E-state index >= 15 is 0 Å². The van der Waals surface area contributed by atoms with Gasteiger partial charge in [0.05, 0.1) is 0 Å². The van der Waals surface area contributed by atoms with Crippen molar-refractivity contribution in [1.82, 2.24) is 0 Å². The first kappa shape index (κ1) is 17.7. The first-order valence-electron chi connectivity index (χ1n) is 6.17. The molecule has 1 unspecified atom stereocenters. The van der Waals surface area contributed by atoms with E-state index < -0.39 is 47.9 Å². The van der Waals surface area contributed by atoms with Gasteiger partial charge in [-0.2, -0.15) is 0 Å². The fourth-order valence-electron chi connectivity index (χ4n) is 1.86. The fraction of sp³-hybridized carbons (Fsp3) is 0.750. The molecule has 120 valence electrons. The molecule has 0 radical (unpaired) electrons. The molecule has 1 heterocycles. The quantitative estimate of drug-likeness (QED) is 0.428. The van der Waals surface area contributed by atoms with Gasteiger partial charge in [-0.15, -0.1) is 11.6 Å². The van der Waals surface area contributed by atoms with Crippen molar-refractivity contribution in [3.63, 3.8) is 0 Å². The summed E-state index contributed by atoms with van der Waals surface area (Å²) in [5.74, 6) is -1.88. The summed E-state index contributed by atoms with van der Waals surface area (Å²) in [6.07, 6.45) is -4.75. The largest absolute Gasteiger partial charge is 0.463 e. The van der Waals surface area contributed by atoms with Gasteiger partial charge in [-0.1, -0.05) is 0 Å². The van der Waals surface area contributed by atoms with E-state index in [4.69, 9.17) is 30.5 Å². The van der Waals surface area contributed by atoms with E-state index in [0.29, 0.717) is 0 Å². The van der Waals surface area contributed by atoms with E-state index in [-0.39, 0.29) is 6.61 Å². The van der Waals surface area contributed by atoms with Gasteiger partial charge in [0, 0.05) is 20.8 Å². The molecule has 0 bridgehead atoms. The molecule has 8 nitrogen and oxygen atoms in total. The SMILES string of the molecule is CC(=O)OCC1O[C@H](O)[C@H](OC(C)=O)[C@@H](Cl)[C@H]1OC(C)=O. The molecule has 1 aliphatic heterocycles. The maximum absolute atomic E-state index is 11.1. The zero-order chi connectivity index (χ0) is 16.2. The number of hydrogen-bond acceptors (Lipinski definition) is 8. The molecule has 0 spiro atoms. The lowest BCUT2D eigenvalue weighted by molar-refractivity contribution is -0.260. The van der Waals surface area contributed by atoms with Crippen LogP contribution in [0, 0.1) is 0 Å². The van der Waals surface area contributed by atoms with Crippen LogP contribution in [0.2, 0.25) is 0 Å². The Morgan fingerprint density at radius 2 is 1.57 bits per heavy atom. The monoisotopic (exact) mass is 324 g/mol. The van der Waals surface area contributed by atoms with Crippen molar-refractivity contribution in [2.24, 2.45) is 0 Å². The second kappa shape index (κ2) is 7.58. The van der Waals surface area contributed by atoms with Crippen LogP contribution < -0.4 is 0 Å². The minimum absolute atomic E-state index is 0.264. The number of aliphatic hydroxyl groups is 1. The predicted octanol–water partition coefficient (Wildman–Crippen LogP) is -0.263. The highest BCUT2D eigenvalue weighted by Crippen LogP contribution is 2.29.